The molecular weight excluding hydrogens is 303 g/mol. The minimum Gasteiger partial charge on any atom is -0.454 e. The van der Waals surface area contributed by atoms with Gasteiger partial charge in [-0.15, -0.1) is 11.6 Å². The number of rotatable bonds is 3. The van der Waals surface area contributed by atoms with Crippen LogP contribution in [0.15, 0.2) is 12.1 Å². The average Bonchev–Trinajstić information content (AvgIpc) is 2.82. The molecule has 1 heterocycles. The fraction of sp³-hybridized carbons (Fsp3) is 0.273. The Morgan fingerprint density at radius 3 is 2.40 bits per heavy atom. The quantitative estimate of drug-likeness (QED) is 0.687. The van der Waals surface area contributed by atoms with Gasteiger partial charge in [-0.3, -0.25) is 9.59 Å². The summed E-state index contributed by atoms with van der Waals surface area (Å²) in [6.45, 7) is -0.124. The van der Waals surface area contributed by atoms with E-state index < -0.39 is 23.7 Å². The lowest BCUT2D eigenvalue weighted by molar-refractivity contribution is -0.167. The first-order chi connectivity index (χ1) is 9.32. The van der Waals surface area contributed by atoms with Gasteiger partial charge in [0.25, 0.3) is 0 Å². The number of alkyl halides is 4. The Bertz CT molecular complexity index is 574. The van der Waals surface area contributed by atoms with Crippen LogP contribution in [0.4, 0.5) is 18.9 Å². The van der Waals surface area contributed by atoms with E-state index in [1.807, 2.05) is 0 Å². The second kappa shape index (κ2) is 5.20. The second-order valence-electron chi connectivity index (χ2n) is 3.76. The summed E-state index contributed by atoms with van der Waals surface area (Å²) in [6.07, 6.45) is -5.07. The van der Waals surface area contributed by atoms with E-state index in [9.17, 15) is 22.8 Å². The summed E-state index contributed by atoms with van der Waals surface area (Å²) >= 11 is 5.38. The van der Waals surface area contributed by atoms with Crippen molar-refractivity contribution in [3.63, 3.8) is 0 Å². The number of carbonyl (C=O) groups is 2. The number of anilines is 1. The molecule has 108 valence electrons. The van der Waals surface area contributed by atoms with Gasteiger partial charge in [0.05, 0.1) is 11.6 Å². The third kappa shape index (κ3) is 2.79. The molecule has 20 heavy (non-hydrogen) atoms. The van der Waals surface area contributed by atoms with Crippen LogP contribution in [0, 0.1) is 0 Å². The molecule has 5 nitrogen and oxygen atoms in total. The number of halogens is 4. The van der Waals surface area contributed by atoms with Crippen molar-refractivity contribution in [3.8, 4) is 11.5 Å². The van der Waals surface area contributed by atoms with Gasteiger partial charge in [-0.25, -0.2) is 0 Å². The molecule has 9 heteroatoms. The number of hydrogen-bond donors (Lipinski definition) is 1. The van der Waals surface area contributed by atoms with Gasteiger partial charge in [-0.2, -0.15) is 13.2 Å². The predicted octanol–water partition coefficient (Wildman–Crippen LogP) is 2.34. The van der Waals surface area contributed by atoms with Crippen molar-refractivity contribution in [2.24, 2.45) is 0 Å². The monoisotopic (exact) mass is 309 g/mol. The molecule has 1 aromatic carbocycles. The Labute approximate surface area is 115 Å². The van der Waals surface area contributed by atoms with E-state index in [-0.39, 0.29) is 29.5 Å². The van der Waals surface area contributed by atoms with Crippen LogP contribution in [0.3, 0.4) is 0 Å². The smallest absolute Gasteiger partial charge is 0.454 e. The van der Waals surface area contributed by atoms with E-state index in [2.05, 4.69) is 0 Å². The van der Waals surface area contributed by atoms with Gasteiger partial charge < -0.3 is 14.8 Å². The molecule has 1 aliphatic rings. The van der Waals surface area contributed by atoms with E-state index in [0.29, 0.717) is 0 Å². The minimum absolute atomic E-state index is 0.124. The lowest BCUT2D eigenvalue weighted by Gasteiger charge is -2.12. The fourth-order valence-corrected chi connectivity index (χ4v) is 1.69. The minimum atomic E-state index is -5.07. The zero-order valence-electron chi connectivity index (χ0n) is 9.71. The molecule has 0 unspecified atom stereocenters. The van der Waals surface area contributed by atoms with Gasteiger partial charge in [0, 0.05) is 11.6 Å². The number of carbonyl (C=O) groups excluding carboxylic acids is 2. The molecule has 0 atom stereocenters. The van der Waals surface area contributed by atoms with Crippen LogP contribution in [-0.4, -0.2) is 30.5 Å². The summed E-state index contributed by atoms with van der Waals surface area (Å²) in [5.74, 6) is -2.96. The largest absolute Gasteiger partial charge is 0.471 e. The van der Waals surface area contributed by atoms with Crippen molar-refractivity contribution in [2.45, 2.75) is 6.18 Å². The van der Waals surface area contributed by atoms with Crippen molar-refractivity contribution in [1.82, 2.24) is 0 Å². The summed E-state index contributed by atoms with van der Waals surface area (Å²) in [7, 11) is 0. The number of Topliss-reactive ketones (excluding diaryl/α,β-unsaturated/α-hetero) is 1. The molecule has 0 fully saturated rings. The molecule has 0 saturated carbocycles. The van der Waals surface area contributed by atoms with E-state index in [4.69, 9.17) is 21.1 Å². The molecule has 0 radical (unpaired) electrons. The Kier molecular flexibility index (Phi) is 3.76. The zero-order valence-corrected chi connectivity index (χ0v) is 10.5. The van der Waals surface area contributed by atoms with Crippen molar-refractivity contribution in [2.75, 3.05) is 18.0 Å². The van der Waals surface area contributed by atoms with Crippen LogP contribution in [0.1, 0.15) is 10.4 Å². The molecule has 2 rings (SSSR count). The molecule has 0 bridgehead atoms. The van der Waals surface area contributed by atoms with E-state index in [0.717, 1.165) is 6.07 Å². The normalized spacial score (nSPS) is 13.2. The summed E-state index contributed by atoms with van der Waals surface area (Å²) in [5.41, 5.74) is -0.510. The summed E-state index contributed by atoms with van der Waals surface area (Å²) in [4.78, 5) is 22.5. The summed E-state index contributed by atoms with van der Waals surface area (Å²) in [6, 6.07) is 2.27. The first-order valence-electron chi connectivity index (χ1n) is 5.24. The molecular formula is C11H7ClF3NO4. The Hall–Kier alpha value is -1.96. The second-order valence-corrected chi connectivity index (χ2v) is 4.03. The Morgan fingerprint density at radius 1 is 1.25 bits per heavy atom. The number of ether oxygens (including phenoxy) is 2. The topological polar surface area (TPSA) is 64.6 Å². The van der Waals surface area contributed by atoms with Crippen molar-refractivity contribution in [1.29, 1.82) is 0 Å². The Morgan fingerprint density at radius 2 is 1.85 bits per heavy atom. The molecule has 0 spiro atoms. The SMILES string of the molecule is O=C(CCl)c1cc2c(cc1NC(=O)C(F)(F)F)OCO2. The maximum atomic E-state index is 12.2. The Balaban J connectivity index is 2.40. The van der Waals surface area contributed by atoms with Crippen LogP contribution in [0.2, 0.25) is 0 Å². The van der Waals surface area contributed by atoms with Gasteiger partial charge in [-0.05, 0) is 6.07 Å². The maximum Gasteiger partial charge on any atom is 0.471 e. The molecule has 0 aromatic heterocycles. The third-order valence-corrected chi connectivity index (χ3v) is 2.68. The average molecular weight is 310 g/mol. The standard InChI is InChI=1S/C11H7ClF3NO4/c12-3-7(17)5-1-8-9(20-4-19-8)2-6(5)16-10(18)11(13,14)15/h1-2H,3-4H2,(H,16,18). The summed E-state index contributed by atoms with van der Waals surface area (Å²) in [5, 5.41) is 1.62. The van der Waals surface area contributed by atoms with Crippen LogP contribution in [0.5, 0.6) is 11.5 Å². The van der Waals surface area contributed by atoms with Gasteiger partial charge in [0.1, 0.15) is 0 Å². The highest BCUT2D eigenvalue weighted by molar-refractivity contribution is 6.31. The highest BCUT2D eigenvalue weighted by atomic mass is 35.5. The maximum absolute atomic E-state index is 12.2. The molecule has 1 N–H and O–H groups in total. The van der Waals surface area contributed by atoms with Crippen molar-refractivity contribution < 1.29 is 32.2 Å². The number of hydrogen-bond acceptors (Lipinski definition) is 4. The number of fused-ring (bicyclic) bond motifs is 1. The van der Waals surface area contributed by atoms with Gasteiger partial charge in [0.15, 0.2) is 17.3 Å². The van der Waals surface area contributed by atoms with Crippen LogP contribution in [0.25, 0.3) is 0 Å². The van der Waals surface area contributed by atoms with Crippen molar-refractivity contribution >= 4 is 29.0 Å². The number of amides is 1. The molecule has 1 aromatic rings. The van der Waals surface area contributed by atoms with E-state index in [1.54, 1.807) is 5.32 Å². The lowest BCUT2D eigenvalue weighted by Crippen LogP contribution is -2.30. The van der Waals surface area contributed by atoms with Gasteiger partial charge in [0.2, 0.25) is 6.79 Å². The van der Waals surface area contributed by atoms with E-state index in [1.165, 1.54) is 6.07 Å². The highest BCUT2D eigenvalue weighted by Crippen LogP contribution is 2.37. The number of benzene rings is 1. The van der Waals surface area contributed by atoms with Crippen LogP contribution in [-0.2, 0) is 4.79 Å². The lowest BCUT2D eigenvalue weighted by atomic mass is 10.1. The van der Waals surface area contributed by atoms with Gasteiger partial charge in [-0.1, -0.05) is 0 Å². The molecule has 0 saturated heterocycles. The van der Waals surface area contributed by atoms with Gasteiger partial charge >= 0.3 is 12.1 Å². The van der Waals surface area contributed by atoms with Crippen LogP contribution < -0.4 is 14.8 Å². The predicted molar refractivity (Wildman–Crippen MR) is 62.3 cm³/mol. The first-order valence-corrected chi connectivity index (χ1v) is 5.77. The summed E-state index contributed by atoms with van der Waals surface area (Å²) < 4.78 is 46.7. The number of ketones is 1. The number of nitrogens with one attached hydrogen (secondary N) is 1. The molecule has 0 aliphatic carbocycles. The zero-order chi connectivity index (χ0) is 14.9. The highest BCUT2D eigenvalue weighted by Gasteiger charge is 2.39. The van der Waals surface area contributed by atoms with Crippen molar-refractivity contribution in [3.05, 3.63) is 17.7 Å². The third-order valence-electron chi connectivity index (χ3n) is 2.44. The van der Waals surface area contributed by atoms with Crippen LogP contribution >= 0.6 is 11.6 Å². The first kappa shape index (κ1) is 14.4. The molecule has 1 aliphatic heterocycles. The van der Waals surface area contributed by atoms with E-state index >= 15 is 0 Å². The fourth-order valence-electron chi connectivity index (χ4n) is 1.54. The molecule has 1 amide bonds.